The van der Waals surface area contributed by atoms with Gasteiger partial charge in [0.15, 0.2) is 5.82 Å². The number of aromatic nitrogens is 5. The molecule has 3 aliphatic heterocycles. The van der Waals surface area contributed by atoms with Gasteiger partial charge in [-0.25, -0.2) is 29.3 Å². The van der Waals surface area contributed by atoms with Gasteiger partial charge >= 0.3 is 10.2 Å². The second-order valence-electron chi connectivity index (χ2n) is 17.6. The van der Waals surface area contributed by atoms with E-state index < -0.39 is 16.0 Å². The topological polar surface area (TPSA) is 182 Å². The number of halogens is 1. The number of amides is 2. The van der Waals surface area contributed by atoms with Crippen molar-refractivity contribution < 1.29 is 22.4 Å². The van der Waals surface area contributed by atoms with Crippen LogP contribution in [-0.2, 0) is 25.2 Å². The van der Waals surface area contributed by atoms with Crippen LogP contribution < -0.4 is 25.2 Å². The van der Waals surface area contributed by atoms with Crippen molar-refractivity contribution in [3.63, 3.8) is 0 Å². The maximum absolute atomic E-state index is 16.2. The van der Waals surface area contributed by atoms with E-state index in [0.717, 1.165) is 85.0 Å². The molecule has 0 bridgehead atoms. The summed E-state index contributed by atoms with van der Waals surface area (Å²) in [5, 5.41) is 6.43. The lowest BCUT2D eigenvalue weighted by Gasteiger charge is -2.39. The first-order valence-corrected chi connectivity index (χ1v) is 24.0. The number of benzene rings is 1. The number of hydrogen-bond donors (Lipinski definition) is 3. The number of piperidine rings is 2. The number of pyridine rings is 2. The molecule has 0 saturated carbocycles. The van der Waals surface area contributed by atoms with Crippen LogP contribution in [0.4, 0.5) is 33.3 Å². The molecule has 16 nitrogen and oxygen atoms in total. The van der Waals surface area contributed by atoms with Crippen molar-refractivity contribution in [2.75, 3.05) is 79.2 Å². The Kier molecular flexibility index (Phi) is 13.2. The van der Waals surface area contributed by atoms with E-state index in [1.807, 2.05) is 45.2 Å². The molecule has 4 aromatic heterocycles. The molecule has 5 aromatic rings. The van der Waals surface area contributed by atoms with Gasteiger partial charge in [0.05, 0.1) is 44.8 Å². The fraction of sp³-hybridized carbons (Fsp3) is 0.444. The predicted molar refractivity (Wildman–Crippen MR) is 249 cm³/mol. The van der Waals surface area contributed by atoms with E-state index in [9.17, 15) is 18.0 Å². The van der Waals surface area contributed by atoms with E-state index >= 15 is 4.39 Å². The predicted octanol–water partition coefficient (Wildman–Crippen LogP) is 6.40. The average Bonchev–Trinajstić information content (AvgIpc) is 3.74. The maximum Gasteiger partial charge on any atom is 0.301 e. The molecule has 3 fully saturated rings. The SMILES string of the molecule is CCN(C)S(=O)(=O)Nc1cccc(-c2nc(C(C)(C)C)sc2-c2ccnc(Nc3ccc(N4CCN(CC5CCN(c6ccc([C@@H]7CCC(=O)NC7=O)cn6)CC5)CC4)cn3)n2)c1F. The van der Waals surface area contributed by atoms with E-state index in [-0.39, 0.29) is 40.9 Å². The van der Waals surface area contributed by atoms with Crippen molar-refractivity contribution in [3.05, 3.63) is 83.5 Å². The smallest absolute Gasteiger partial charge is 0.301 e. The summed E-state index contributed by atoms with van der Waals surface area (Å²) >= 11 is 1.41. The molecule has 3 saturated heterocycles. The van der Waals surface area contributed by atoms with Crippen LogP contribution >= 0.6 is 11.3 Å². The summed E-state index contributed by atoms with van der Waals surface area (Å²) in [6.45, 7) is 14.7. The van der Waals surface area contributed by atoms with Crippen LogP contribution in [0.1, 0.15) is 69.9 Å². The molecule has 64 heavy (non-hydrogen) atoms. The zero-order valence-electron chi connectivity index (χ0n) is 36.8. The third kappa shape index (κ3) is 10.2. The molecule has 0 aliphatic carbocycles. The fourth-order valence-electron chi connectivity index (χ4n) is 8.19. The van der Waals surface area contributed by atoms with E-state index in [4.69, 9.17) is 15.0 Å². The molecule has 338 valence electrons. The van der Waals surface area contributed by atoms with Crippen molar-refractivity contribution >= 4 is 62.3 Å². The van der Waals surface area contributed by atoms with E-state index in [1.165, 1.54) is 24.5 Å². The first kappa shape index (κ1) is 45.0. The first-order valence-electron chi connectivity index (χ1n) is 21.8. The van der Waals surface area contributed by atoms with Crippen LogP contribution in [0.15, 0.2) is 67.1 Å². The number of hydrogen-bond acceptors (Lipinski definition) is 14. The van der Waals surface area contributed by atoms with Crippen LogP contribution in [0.5, 0.6) is 0 Å². The average molecular weight is 911 g/mol. The summed E-state index contributed by atoms with van der Waals surface area (Å²) < 4.78 is 45.2. The standard InChI is InChI=1S/C45H55FN12O4S2/c1-6-55(5)64(61,62)54-34-9-7-8-33(39(34)46)40-41(63-43(53-40)45(2,3)4)35-16-19-47-44(50-35)51-36-13-11-31(27-48-36)57-24-22-56(23-25-57)28-29-17-20-58(21-18-29)37-14-10-30(26-49-37)32-12-15-38(59)52-42(32)60/h7-11,13-14,16,19,26-27,29,32,54H,6,12,15,17-18,20-25,28H2,1-5H3,(H,52,59,60)(H,47,48,50,51)/t32-/m0/s1. The van der Waals surface area contributed by atoms with Gasteiger partial charge in [-0.15, -0.1) is 11.3 Å². The lowest BCUT2D eigenvalue weighted by molar-refractivity contribution is -0.134. The minimum atomic E-state index is -3.96. The van der Waals surface area contributed by atoms with Crippen LogP contribution in [0, 0.1) is 11.7 Å². The minimum Gasteiger partial charge on any atom is -0.368 e. The largest absolute Gasteiger partial charge is 0.368 e. The summed E-state index contributed by atoms with van der Waals surface area (Å²) in [5.41, 5.74) is 2.43. The molecule has 1 aromatic carbocycles. The van der Waals surface area contributed by atoms with Crippen LogP contribution in [-0.4, -0.2) is 114 Å². The van der Waals surface area contributed by atoms with Crippen molar-refractivity contribution in [2.45, 2.75) is 64.7 Å². The zero-order chi connectivity index (χ0) is 45.2. The van der Waals surface area contributed by atoms with Gasteiger partial charge in [0.1, 0.15) is 11.6 Å². The van der Waals surface area contributed by atoms with Crippen LogP contribution in [0.3, 0.4) is 0 Å². The van der Waals surface area contributed by atoms with Gasteiger partial charge in [-0.05, 0) is 67.1 Å². The van der Waals surface area contributed by atoms with Gasteiger partial charge in [0, 0.05) is 89.2 Å². The minimum absolute atomic E-state index is 0.153. The summed E-state index contributed by atoms with van der Waals surface area (Å²) in [6.07, 6.45) is 8.36. The molecular weight excluding hydrogens is 856 g/mol. The number of thiazole rings is 1. The van der Waals surface area contributed by atoms with Crippen molar-refractivity contribution in [1.29, 1.82) is 0 Å². The highest BCUT2D eigenvalue weighted by atomic mass is 32.2. The third-order valence-corrected chi connectivity index (χ3v) is 15.2. The number of nitrogens with one attached hydrogen (secondary N) is 3. The monoisotopic (exact) mass is 910 g/mol. The number of nitrogens with zero attached hydrogens (tertiary/aromatic N) is 9. The zero-order valence-corrected chi connectivity index (χ0v) is 38.5. The Bertz CT molecular complexity index is 2570. The highest BCUT2D eigenvalue weighted by Gasteiger charge is 2.30. The number of rotatable bonds is 13. The molecule has 0 radical (unpaired) electrons. The van der Waals surface area contributed by atoms with Gasteiger partial charge in [0.25, 0.3) is 0 Å². The molecule has 7 heterocycles. The third-order valence-electron chi connectivity index (χ3n) is 12.1. The molecule has 0 unspecified atom stereocenters. The van der Waals surface area contributed by atoms with Gasteiger partial charge in [-0.3, -0.25) is 24.5 Å². The number of piperazine rings is 1. The lowest BCUT2D eigenvalue weighted by Crippen LogP contribution is -2.49. The van der Waals surface area contributed by atoms with Gasteiger partial charge < -0.3 is 15.1 Å². The Labute approximate surface area is 377 Å². The Morgan fingerprint density at radius 1 is 0.906 bits per heavy atom. The molecule has 3 N–H and O–H groups in total. The first-order chi connectivity index (χ1) is 30.6. The Morgan fingerprint density at radius 2 is 1.69 bits per heavy atom. The van der Waals surface area contributed by atoms with E-state index in [2.05, 4.69) is 46.1 Å². The number of anilines is 5. The fourth-order valence-corrected chi connectivity index (χ4v) is 10.2. The number of imide groups is 1. The molecule has 3 aliphatic rings. The van der Waals surface area contributed by atoms with E-state index in [0.29, 0.717) is 46.8 Å². The summed E-state index contributed by atoms with van der Waals surface area (Å²) in [7, 11) is -2.53. The van der Waals surface area contributed by atoms with E-state index in [1.54, 1.807) is 37.5 Å². The maximum atomic E-state index is 16.2. The Hall–Kier alpha value is -5.63. The molecule has 19 heteroatoms. The normalized spacial score (nSPS) is 18.1. The Balaban J connectivity index is 0.856. The summed E-state index contributed by atoms with van der Waals surface area (Å²) in [4.78, 5) is 55.2. The molecule has 0 spiro atoms. The highest BCUT2D eigenvalue weighted by Crippen LogP contribution is 2.42. The van der Waals surface area contributed by atoms with Gasteiger partial charge in [0.2, 0.25) is 17.8 Å². The van der Waals surface area contributed by atoms with Crippen LogP contribution in [0.2, 0.25) is 0 Å². The molecule has 1 atom stereocenters. The second kappa shape index (κ2) is 18.8. The number of carbonyl (C=O) groups is 2. The molecule has 2 amide bonds. The lowest BCUT2D eigenvalue weighted by atomic mass is 9.91. The van der Waals surface area contributed by atoms with Gasteiger partial charge in [-0.2, -0.15) is 12.7 Å². The van der Waals surface area contributed by atoms with Crippen LogP contribution in [0.25, 0.3) is 21.8 Å². The van der Waals surface area contributed by atoms with Crippen molar-refractivity contribution in [3.8, 4) is 21.8 Å². The summed E-state index contributed by atoms with van der Waals surface area (Å²) in [5.74, 6) is 0.949. The van der Waals surface area contributed by atoms with Crippen molar-refractivity contribution in [2.24, 2.45) is 5.92 Å². The molecule has 8 rings (SSSR count). The van der Waals surface area contributed by atoms with Crippen molar-refractivity contribution in [1.82, 2.24) is 39.4 Å². The van der Waals surface area contributed by atoms with Gasteiger partial charge in [-0.1, -0.05) is 39.8 Å². The number of carbonyl (C=O) groups excluding carboxylic acids is 2. The summed E-state index contributed by atoms with van der Waals surface area (Å²) in [6, 6.07) is 14.3. The quantitative estimate of drug-likeness (QED) is 0.111. The highest BCUT2D eigenvalue weighted by molar-refractivity contribution is 7.90. The Morgan fingerprint density at radius 3 is 2.36 bits per heavy atom. The molecular formula is C45H55FN12O4S2. The second-order valence-corrected chi connectivity index (χ2v) is 20.4.